The second kappa shape index (κ2) is 6.86. The predicted molar refractivity (Wildman–Crippen MR) is 82.5 cm³/mol. The summed E-state index contributed by atoms with van der Waals surface area (Å²) in [4.78, 5) is 7.38. The van der Waals surface area contributed by atoms with Gasteiger partial charge in [0.1, 0.15) is 0 Å². The molecule has 4 nitrogen and oxygen atoms in total. The highest BCUT2D eigenvalue weighted by Gasteiger charge is 2.26. The van der Waals surface area contributed by atoms with Gasteiger partial charge in [0.05, 0.1) is 18.4 Å². The van der Waals surface area contributed by atoms with E-state index in [1.165, 1.54) is 17.0 Å². The van der Waals surface area contributed by atoms with Gasteiger partial charge in [0.15, 0.2) is 0 Å². The van der Waals surface area contributed by atoms with Crippen LogP contribution < -0.4 is 0 Å². The molecular weight excluding hydrogens is 264 g/mol. The van der Waals surface area contributed by atoms with Crippen LogP contribution in [-0.2, 0) is 22.4 Å². The Balaban J connectivity index is 1.77. The molecule has 2 fully saturated rings. The minimum Gasteiger partial charge on any atom is -0.381 e. The number of rotatable bonds is 5. The maximum absolute atomic E-state index is 5.57. The third kappa shape index (κ3) is 3.44. The highest BCUT2D eigenvalue weighted by molar-refractivity contribution is 5.28. The first-order valence-corrected chi connectivity index (χ1v) is 8.11. The van der Waals surface area contributed by atoms with Gasteiger partial charge in [0.25, 0.3) is 0 Å². The number of methoxy groups -OCH3 is 1. The van der Waals surface area contributed by atoms with Crippen LogP contribution in [-0.4, -0.2) is 49.4 Å². The fraction of sp³-hybridized carbons (Fsp3) is 0.706. The summed E-state index contributed by atoms with van der Waals surface area (Å²) < 4.78 is 11.0. The minimum atomic E-state index is 0.387. The number of ether oxygens (including phenoxy) is 2. The van der Waals surface area contributed by atoms with Crippen LogP contribution in [0.2, 0.25) is 0 Å². The van der Waals surface area contributed by atoms with Crippen molar-refractivity contribution in [3.05, 3.63) is 29.1 Å². The van der Waals surface area contributed by atoms with Gasteiger partial charge in [-0.05, 0) is 30.9 Å². The van der Waals surface area contributed by atoms with Crippen molar-refractivity contribution in [2.45, 2.75) is 44.8 Å². The Morgan fingerprint density at radius 3 is 2.95 bits per heavy atom. The third-order valence-electron chi connectivity index (χ3n) is 4.73. The molecule has 0 saturated carbocycles. The molecular formula is C17H26N2O2. The number of aryl methyl sites for hydroxylation is 1. The number of pyridine rings is 1. The van der Waals surface area contributed by atoms with Gasteiger partial charge in [-0.25, -0.2) is 0 Å². The lowest BCUT2D eigenvalue weighted by Gasteiger charge is -2.20. The summed E-state index contributed by atoms with van der Waals surface area (Å²) in [5.41, 5.74) is 3.84. The minimum absolute atomic E-state index is 0.387. The summed E-state index contributed by atoms with van der Waals surface area (Å²) in [6.07, 6.45) is 3.64. The standard InChI is InChI=1S/C17H26N2O2/c1-3-14-4-5-16(13-7-9-21-12-13)17(18-14)11-19-8-6-15(10-19)20-2/h4-5,13,15H,3,6-12H2,1-2H3/t13-,15+/m0/s1. The average Bonchev–Trinajstić information content (AvgIpc) is 3.18. The van der Waals surface area contributed by atoms with Crippen LogP contribution in [0, 0.1) is 0 Å². The molecule has 0 radical (unpaired) electrons. The van der Waals surface area contributed by atoms with E-state index in [2.05, 4.69) is 24.0 Å². The fourth-order valence-electron chi connectivity index (χ4n) is 3.38. The highest BCUT2D eigenvalue weighted by atomic mass is 16.5. The molecule has 3 rings (SSSR count). The summed E-state index contributed by atoms with van der Waals surface area (Å²) >= 11 is 0. The van der Waals surface area contributed by atoms with E-state index in [1.807, 2.05) is 7.11 Å². The molecule has 0 amide bonds. The van der Waals surface area contributed by atoms with Gasteiger partial charge < -0.3 is 9.47 Å². The van der Waals surface area contributed by atoms with E-state index in [4.69, 9.17) is 14.5 Å². The van der Waals surface area contributed by atoms with Gasteiger partial charge in [0, 0.05) is 45.0 Å². The SMILES string of the molecule is CCc1ccc([C@H]2CCOC2)c(CN2CC[C@@H](OC)C2)n1. The number of likely N-dealkylation sites (tertiary alicyclic amines) is 1. The van der Waals surface area contributed by atoms with Crippen molar-refractivity contribution < 1.29 is 9.47 Å². The molecule has 2 saturated heterocycles. The van der Waals surface area contributed by atoms with E-state index in [9.17, 15) is 0 Å². The molecule has 2 aliphatic rings. The molecule has 0 N–H and O–H groups in total. The van der Waals surface area contributed by atoms with Crippen LogP contribution in [0.4, 0.5) is 0 Å². The topological polar surface area (TPSA) is 34.6 Å². The zero-order chi connectivity index (χ0) is 14.7. The fourth-order valence-corrected chi connectivity index (χ4v) is 3.38. The van der Waals surface area contributed by atoms with Crippen LogP contribution in [0.15, 0.2) is 12.1 Å². The first-order valence-electron chi connectivity index (χ1n) is 8.11. The lowest BCUT2D eigenvalue weighted by atomic mass is 9.96. The van der Waals surface area contributed by atoms with E-state index in [-0.39, 0.29) is 0 Å². The highest BCUT2D eigenvalue weighted by Crippen LogP contribution is 2.29. The molecule has 0 spiro atoms. The first kappa shape index (κ1) is 14.9. The van der Waals surface area contributed by atoms with Gasteiger partial charge in [-0.15, -0.1) is 0 Å². The van der Waals surface area contributed by atoms with Crippen molar-refractivity contribution in [3.63, 3.8) is 0 Å². The van der Waals surface area contributed by atoms with Crippen molar-refractivity contribution in [2.24, 2.45) is 0 Å². The van der Waals surface area contributed by atoms with E-state index in [0.29, 0.717) is 12.0 Å². The number of aromatic nitrogens is 1. The van der Waals surface area contributed by atoms with E-state index < -0.39 is 0 Å². The van der Waals surface area contributed by atoms with Crippen LogP contribution >= 0.6 is 0 Å². The lowest BCUT2D eigenvalue weighted by molar-refractivity contribution is 0.107. The Bertz CT molecular complexity index is 472. The number of hydrogen-bond acceptors (Lipinski definition) is 4. The summed E-state index contributed by atoms with van der Waals surface area (Å²) in [5, 5.41) is 0. The molecule has 0 unspecified atom stereocenters. The zero-order valence-corrected chi connectivity index (χ0v) is 13.2. The van der Waals surface area contributed by atoms with Crippen molar-refractivity contribution in [1.82, 2.24) is 9.88 Å². The predicted octanol–water partition coefficient (Wildman–Crippen LogP) is 2.37. The average molecular weight is 290 g/mol. The van der Waals surface area contributed by atoms with Crippen LogP contribution in [0.5, 0.6) is 0 Å². The number of hydrogen-bond donors (Lipinski definition) is 0. The van der Waals surface area contributed by atoms with Crippen molar-refractivity contribution in [2.75, 3.05) is 33.4 Å². The Labute approximate surface area is 127 Å². The van der Waals surface area contributed by atoms with Gasteiger partial charge >= 0.3 is 0 Å². The zero-order valence-electron chi connectivity index (χ0n) is 13.2. The summed E-state index contributed by atoms with van der Waals surface area (Å²) in [6, 6.07) is 4.46. The Hall–Kier alpha value is -0.970. The maximum atomic E-state index is 5.57. The summed E-state index contributed by atoms with van der Waals surface area (Å²) in [5.74, 6) is 0.527. The largest absolute Gasteiger partial charge is 0.381 e. The molecule has 0 aliphatic carbocycles. The molecule has 1 aromatic rings. The molecule has 1 aromatic heterocycles. The normalized spacial score (nSPS) is 26.6. The van der Waals surface area contributed by atoms with Crippen LogP contribution in [0.1, 0.15) is 42.6 Å². The van der Waals surface area contributed by atoms with Gasteiger partial charge in [-0.2, -0.15) is 0 Å². The first-order chi connectivity index (χ1) is 10.3. The lowest BCUT2D eigenvalue weighted by Crippen LogP contribution is -2.24. The molecule has 0 aromatic carbocycles. The van der Waals surface area contributed by atoms with E-state index >= 15 is 0 Å². The third-order valence-corrected chi connectivity index (χ3v) is 4.73. The van der Waals surface area contributed by atoms with Crippen LogP contribution in [0.25, 0.3) is 0 Å². The quantitative estimate of drug-likeness (QED) is 0.834. The second-order valence-electron chi connectivity index (χ2n) is 6.13. The molecule has 21 heavy (non-hydrogen) atoms. The molecule has 4 heteroatoms. The van der Waals surface area contributed by atoms with Gasteiger partial charge in [-0.3, -0.25) is 9.88 Å². The monoisotopic (exact) mass is 290 g/mol. The Morgan fingerprint density at radius 2 is 2.29 bits per heavy atom. The summed E-state index contributed by atoms with van der Waals surface area (Å²) in [7, 11) is 1.81. The van der Waals surface area contributed by atoms with Crippen molar-refractivity contribution in [3.8, 4) is 0 Å². The van der Waals surface area contributed by atoms with E-state index in [0.717, 1.165) is 52.1 Å². The Morgan fingerprint density at radius 1 is 1.38 bits per heavy atom. The molecule has 3 heterocycles. The molecule has 2 aliphatic heterocycles. The second-order valence-corrected chi connectivity index (χ2v) is 6.13. The smallest absolute Gasteiger partial charge is 0.0710 e. The van der Waals surface area contributed by atoms with Crippen LogP contribution in [0.3, 0.4) is 0 Å². The molecule has 2 atom stereocenters. The summed E-state index contributed by atoms with van der Waals surface area (Å²) in [6.45, 7) is 6.98. The molecule has 116 valence electrons. The van der Waals surface area contributed by atoms with Crippen molar-refractivity contribution >= 4 is 0 Å². The van der Waals surface area contributed by atoms with Gasteiger partial charge in [-0.1, -0.05) is 13.0 Å². The number of nitrogens with zero attached hydrogens (tertiary/aromatic N) is 2. The Kier molecular flexibility index (Phi) is 4.88. The van der Waals surface area contributed by atoms with E-state index in [1.54, 1.807) is 0 Å². The van der Waals surface area contributed by atoms with Gasteiger partial charge in [0.2, 0.25) is 0 Å². The van der Waals surface area contributed by atoms with Crippen molar-refractivity contribution in [1.29, 1.82) is 0 Å². The molecule has 0 bridgehead atoms. The maximum Gasteiger partial charge on any atom is 0.0710 e.